The molecule has 0 aromatic heterocycles. The molecule has 4 rings (SSSR count). The van der Waals surface area contributed by atoms with Crippen LogP contribution in [-0.2, 0) is 19.1 Å². The highest BCUT2D eigenvalue weighted by atomic mass is 16.5. The van der Waals surface area contributed by atoms with Crippen LogP contribution in [0.25, 0.3) is 0 Å². The van der Waals surface area contributed by atoms with Crippen molar-refractivity contribution in [2.45, 2.75) is 25.7 Å². The molecule has 0 aromatic carbocycles. The molecular formula is C14H18O4. The summed E-state index contributed by atoms with van der Waals surface area (Å²) in [6, 6.07) is 0. The summed E-state index contributed by atoms with van der Waals surface area (Å²) in [5, 5.41) is 0. The monoisotopic (exact) mass is 250 g/mol. The van der Waals surface area contributed by atoms with Crippen molar-refractivity contribution in [3.63, 3.8) is 0 Å². The first-order valence-corrected chi connectivity index (χ1v) is 6.59. The predicted molar refractivity (Wildman–Crippen MR) is 63.5 cm³/mol. The zero-order chi connectivity index (χ0) is 12.9. The van der Waals surface area contributed by atoms with Crippen molar-refractivity contribution in [2.24, 2.45) is 23.7 Å². The summed E-state index contributed by atoms with van der Waals surface area (Å²) < 4.78 is 9.74. The molecule has 2 fully saturated rings. The van der Waals surface area contributed by atoms with Gasteiger partial charge in [-0.3, -0.25) is 0 Å². The zero-order valence-electron chi connectivity index (χ0n) is 10.8. The van der Waals surface area contributed by atoms with Crippen molar-refractivity contribution in [3.05, 3.63) is 11.1 Å². The second-order valence-corrected chi connectivity index (χ2v) is 5.51. The van der Waals surface area contributed by atoms with E-state index in [-0.39, 0.29) is 23.8 Å². The lowest BCUT2D eigenvalue weighted by Gasteiger charge is -2.55. The summed E-state index contributed by atoms with van der Waals surface area (Å²) in [5.74, 6) is 0.939. The van der Waals surface area contributed by atoms with E-state index in [4.69, 9.17) is 9.47 Å². The van der Waals surface area contributed by atoms with Crippen molar-refractivity contribution in [1.82, 2.24) is 0 Å². The molecule has 4 heteroatoms. The molecule has 0 heterocycles. The van der Waals surface area contributed by atoms with Gasteiger partial charge in [0.15, 0.2) is 0 Å². The van der Waals surface area contributed by atoms with Crippen LogP contribution in [0.1, 0.15) is 25.7 Å². The first-order valence-electron chi connectivity index (χ1n) is 6.59. The molecule has 4 atom stereocenters. The van der Waals surface area contributed by atoms with E-state index in [2.05, 4.69) is 0 Å². The van der Waals surface area contributed by atoms with Gasteiger partial charge in [-0.15, -0.1) is 0 Å². The van der Waals surface area contributed by atoms with Crippen molar-refractivity contribution in [2.75, 3.05) is 14.2 Å². The van der Waals surface area contributed by atoms with E-state index in [0.717, 1.165) is 12.8 Å². The van der Waals surface area contributed by atoms with Crippen LogP contribution < -0.4 is 0 Å². The molecule has 98 valence electrons. The lowest BCUT2D eigenvalue weighted by atomic mass is 9.49. The van der Waals surface area contributed by atoms with Gasteiger partial charge in [0.1, 0.15) is 0 Å². The third-order valence-electron chi connectivity index (χ3n) is 5.05. The minimum absolute atomic E-state index is 0.218. The molecule has 0 aliphatic heterocycles. The molecule has 0 saturated heterocycles. The van der Waals surface area contributed by atoms with Crippen LogP contribution in [0.2, 0.25) is 0 Å². The SMILES string of the molecule is COC(=O)C1=C(C(=O)OC)C2CCC1C1CCC21. The summed E-state index contributed by atoms with van der Waals surface area (Å²) in [7, 11) is 2.76. The van der Waals surface area contributed by atoms with Gasteiger partial charge in [-0.1, -0.05) is 0 Å². The summed E-state index contributed by atoms with van der Waals surface area (Å²) >= 11 is 0. The fourth-order valence-electron chi connectivity index (χ4n) is 4.20. The van der Waals surface area contributed by atoms with Crippen molar-refractivity contribution in [1.29, 1.82) is 0 Å². The van der Waals surface area contributed by atoms with Crippen LogP contribution in [0.4, 0.5) is 0 Å². The van der Waals surface area contributed by atoms with Crippen LogP contribution in [0.5, 0.6) is 0 Å². The largest absolute Gasteiger partial charge is 0.466 e. The van der Waals surface area contributed by atoms with E-state index >= 15 is 0 Å². The van der Waals surface area contributed by atoms with E-state index < -0.39 is 0 Å². The summed E-state index contributed by atoms with van der Waals surface area (Å²) in [6.07, 6.45) is 4.38. The maximum atomic E-state index is 12.0. The smallest absolute Gasteiger partial charge is 0.334 e. The van der Waals surface area contributed by atoms with Gasteiger partial charge in [0.05, 0.1) is 25.4 Å². The Morgan fingerprint density at radius 2 is 1.22 bits per heavy atom. The van der Waals surface area contributed by atoms with Crippen LogP contribution in [0, 0.1) is 23.7 Å². The molecule has 0 aromatic rings. The molecule has 0 spiro atoms. The average molecular weight is 250 g/mol. The van der Waals surface area contributed by atoms with Gasteiger partial charge >= 0.3 is 11.9 Å². The summed E-state index contributed by atoms with van der Waals surface area (Å²) in [5.41, 5.74) is 1.23. The van der Waals surface area contributed by atoms with Crippen LogP contribution >= 0.6 is 0 Å². The van der Waals surface area contributed by atoms with Gasteiger partial charge in [-0.2, -0.15) is 0 Å². The average Bonchev–Trinajstić information content (AvgIpc) is 2.35. The Balaban J connectivity index is 2.08. The molecule has 4 aliphatic carbocycles. The summed E-state index contributed by atoms with van der Waals surface area (Å²) in [4.78, 5) is 24.0. The topological polar surface area (TPSA) is 52.6 Å². The minimum Gasteiger partial charge on any atom is -0.466 e. The van der Waals surface area contributed by atoms with E-state index in [1.807, 2.05) is 0 Å². The molecule has 0 N–H and O–H groups in total. The number of rotatable bonds is 2. The Bertz CT molecular complexity index is 397. The molecule has 0 amide bonds. The third-order valence-corrected chi connectivity index (χ3v) is 5.05. The lowest BCUT2D eigenvalue weighted by molar-refractivity contribution is -0.144. The van der Waals surface area contributed by atoms with Crippen molar-refractivity contribution >= 4 is 11.9 Å². The van der Waals surface area contributed by atoms with E-state index in [1.54, 1.807) is 0 Å². The molecule has 18 heavy (non-hydrogen) atoms. The Labute approximate surface area is 106 Å². The Kier molecular flexibility index (Phi) is 2.68. The second-order valence-electron chi connectivity index (χ2n) is 5.51. The maximum absolute atomic E-state index is 12.0. The fraction of sp³-hybridized carbons (Fsp3) is 0.714. The van der Waals surface area contributed by atoms with Gasteiger partial charge in [0.2, 0.25) is 0 Å². The third kappa shape index (κ3) is 1.38. The number of ether oxygens (including phenoxy) is 2. The number of esters is 2. The number of carbonyl (C=O) groups excluding carboxylic acids is 2. The molecule has 4 aliphatic rings. The highest BCUT2D eigenvalue weighted by Crippen LogP contribution is 2.60. The van der Waals surface area contributed by atoms with Crippen LogP contribution in [-0.4, -0.2) is 26.2 Å². The first kappa shape index (κ1) is 11.8. The molecular weight excluding hydrogens is 232 g/mol. The number of hydrogen-bond donors (Lipinski definition) is 0. The van der Waals surface area contributed by atoms with Gasteiger partial charge < -0.3 is 9.47 Å². The standard InChI is InChI=1S/C14H18O4/c1-17-13(15)11-9-5-6-10(8-4-3-7(8)9)12(11)14(16)18-2/h7-10H,3-6H2,1-2H3. The highest BCUT2D eigenvalue weighted by Gasteiger charge is 2.55. The molecule has 2 saturated carbocycles. The van der Waals surface area contributed by atoms with Crippen molar-refractivity contribution < 1.29 is 19.1 Å². The van der Waals surface area contributed by atoms with Gasteiger partial charge in [-0.25, -0.2) is 9.59 Å². The van der Waals surface area contributed by atoms with Crippen LogP contribution in [0.3, 0.4) is 0 Å². The van der Waals surface area contributed by atoms with Crippen molar-refractivity contribution in [3.8, 4) is 0 Å². The molecule has 4 unspecified atom stereocenters. The fourth-order valence-corrected chi connectivity index (χ4v) is 4.20. The highest BCUT2D eigenvalue weighted by molar-refractivity contribution is 6.02. The quantitative estimate of drug-likeness (QED) is 0.700. The van der Waals surface area contributed by atoms with Gasteiger partial charge in [0.25, 0.3) is 0 Å². The lowest BCUT2D eigenvalue weighted by Crippen LogP contribution is -2.50. The molecule has 4 nitrogen and oxygen atoms in total. The predicted octanol–water partition coefficient (Wildman–Crippen LogP) is 1.69. The zero-order valence-corrected chi connectivity index (χ0v) is 10.8. The van der Waals surface area contributed by atoms with Gasteiger partial charge in [0, 0.05) is 0 Å². The minimum atomic E-state index is -0.338. The van der Waals surface area contributed by atoms with E-state index in [9.17, 15) is 9.59 Å². The van der Waals surface area contributed by atoms with E-state index in [1.165, 1.54) is 27.1 Å². The van der Waals surface area contributed by atoms with E-state index in [0.29, 0.717) is 23.0 Å². The number of fused-ring (bicyclic) bond motifs is 1. The molecule has 2 bridgehead atoms. The molecule has 0 radical (unpaired) electrons. The second kappa shape index (κ2) is 4.11. The van der Waals surface area contributed by atoms with Crippen LogP contribution in [0.15, 0.2) is 11.1 Å². The number of hydrogen-bond acceptors (Lipinski definition) is 4. The Morgan fingerprint density at radius 3 is 1.50 bits per heavy atom. The maximum Gasteiger partial charge on any atom is 0.334 e. The summed E-state index contributed by atoms with van der Waals surface area (Å²) in [6.45, 7) is 0. The number of carbonyl (C=O) groups is 2. The number of methoxy groups -OCH3 is 2. The van der Waals surface area contributed by atoms with Gasteiger partial charge in [-0.05, 0) is 49.4 Å². The first-order chi connectivity index (χ1) is 8.69. The Morgan fingerprint density at radius 1 is 0.833 bits per heavy atom. The Hall–Kier alpha value is -1.32. The normalized spacial score (nSPS) is 36.8.